The Morgan fingerprint density at radius 2 is 2.17 bits per heavy atom. The molecule has 1 aromatic heterocycles. The van der Waals surface area contributed by atoms with E-state index in [0.29, 0.717) is 24.4 Å². The van der Waals surface area contributed by atoms with Crippen LogP contribution in [0.15, 0.2) is 16.7 Å². The maximum absolute atomic E-state index is 12.1. The Kier molecular flexibility index (Phi) is 9.21. The lowest BCUT2D eigenvalue weighted by Crippen LogP contribution is -2.54. The molecule has 3 N–H and O–H groups in total. The highest BCUT2D eigenvalue weighted by Crippen LogP contribution is 2.23. The first kappa shape index (κ1) is 22.2. The van der Waals surface area contributed by atoms with Gasteiger partial charge in [-0.2, -0.15) is 0 Å². The van der Waals surface area contributed by atoms with E-state index in [-0.39, 0.29) is 36.3 Å². The van der Waals surface area contributed by atoms with Crippen LogP contribution in [0.25, 0.3) is 0 Å². The molecule has 1 aliphatic rings. The normalized spacial score (nSPS) is 18.7. The van der Waals surface area contributed by atoms with Crippen LogP contribution in [0.4, 0.5) is 0 Å². The second kappa shape index (κ2) is 9.52. The lowest BCUT2D eigenvalue weighted by molar-refractivity contribution is 0.0657. The third-order valence-electron chi connectivity index (χ3n) is 4.31. The molecule has 0 spiro atoms. The zero-order valence-corrected chi connectivity index (χ0v) is 15.8. The minimum Gasteiger partial charge on any atom is -0.467 e. The summed E-state index contributed by atoms with van der Waals surface area (Å²) in [7, 11) is 0. The highest BCUT2D eigenvalue weighted by molar-refractivity contribution is 5.94. The fourth-order valence-corrected chi connectivity index (χ4v) is 2.86. The van der Waals surface area contributed by atoms with Crippen molar-refractivity contribution < 1.29 is 9.21 Å². The van der Waals surface area contributed by atoms with Crippen molar-refractivity contribution in [2.24, 2.45) is 11.7 Å². The number of amides is 1. The standard InChI is InChI=1S/C16H27N3O2.2ClH/c1-12-5-4-6-19(9-12)16(2,3)11-18-15(20)13-7-14(8-17)21-10-13;;/h7,10,12H,4-6,8-9,11,17H2,1-3H3,(H,18,20);2*1H. The summed E-state index contributed by atoms with van der Waals surface area (Å²) in [6.45, 7) is 9.81. The molecular formula is C16H29Cl2N3O2. The predicted octanol–water partition coefficient (Wildman–Crippen LogP) is 2.82. The SMILES string of the molecule is CC1CCCN(C(C)(C)CNC(=O)c2coc(CN)c2)C1.Cl.Cl. The molecule has 134 valence electrons. The van der Waals surface area contributed by atoms with Crippen molar-refractivity contribution >= 4 is 30.7 Å². The molecule has 1 unspecified atom stereocenters. The summed E-state index contributed by atoms with van der Waals surface area (Å²) in [5, 5.41) is 3.01. The Balaban J connectivity index is 0.00000242. The molecule has 0 aromatic carbocycles. The molecule has 1 saturated heterocycles. The van der Waals surface area contributed by atoms with E-state index in [2.05, 4.69) is 31.0 Å². The van der Waals surface area contributed by atoms with Crippen LogP contribution in [0.5, 0.6) is 0 Å². The van der Waals surface area contributed by atoms with E-state index in [1.54, 1.807) is 6.07 Å². The summed E-state index contributed by atoms with van der Waals surface area (Å²) in [6.07, 6.45) is 4.00. The summed E-state index contributed by atoms with van der Waals surface area (Å²) in [5.74, 6) is 1.26. The van der Waals surface area contributed by atoms with Crippen molar-refractivity contribution in [1.29, 1.82) is 0 Å². The third-order valence-corrected chi connectivity index (χ3v) is 4.31. The van der Waals surface area contributed by atoms with Gasteiger partial charge in [-0.15, -0.1) is 24.8 Å². The van der Waals surface area contributed by atoms with E-state index in [4.69, 9.17) is 10.2 Å². The molecule has 0 bridgehead atoms. The molecule has 5 nitrogen and oxygen atoms in total. The first-order valence-electron chi connectivity index (χ1n) is 7.73. The van der Waals surface area contributed by atoms with Crippen LogP contribution in [0.1, 0.15) is 49.7 Å². The molecule has 0 radical (unpaired) electrons. The minimum absolute atomic E-state index is 0. The number of carbonyl (C=O) groups is 1. The van der Waals surface area contributed by atoms with E-state index < -0.39 is 0 Å². The van der Waals surface area contributed by atoms with E-state index in [9.17, 15) is 4.79 Å². The van der Waals surface area contributed by atoms with Gasteiger partial charge in [-0.3, -0.25) is 9.69 Å². The van der Waals surface area contributed by atoms with Crippen LogP contribution in [0.3, 0.4) is 0 Å². The fraction of sp³-hybridized carbons (Fsp3) is 0.688. The van der Waals surface area contributed by atoms with Crippen LogP contribution >= 0.6 is 24.8 Å². The average molecular weight is 366 g/mol. The lowest BCUT2D eigenvalue weighted by Gasteiger charge is -2.43. The van der Waals surface area contributed by atoms with Gasteiger partial charge in [0.25, 0.3) is 5.91 Å². The number of carbonyl (C=O) groups excluding carboxylic acids is 1. The molecule has 0 aliphatic carbocycles. The second-order valence-corrected chi connectivity index (χ2v) is 6.69. The summed E-state index contributed by atoms with van der Waals surface area (Å²) >= 11 is 0. The van der Waals surface area contributed by atoms with Gasteiger partial charge in [-0.25, -0.2) is 0 Å². The minimum atomic E-state index is -0.100. The Morgan fingerprint density at radius 1 is 1.48 bits per heavy atom. The first-order valence-corrected chi connectivity index (χ1v) is 7.73. The fourth-order valence-electron chi connectivity index (χ4n) is 2.86. The number of hydrogen-bond donors (Lipinski definition) is 2. The van der Waals surface area contributed by atoms with Crippen LogP contribution < -0.4 is 11.1 Å². The number of halogens is 2. The molecular weight excluding hydrogens is 337 g/mol. The van der Waals surface area contributed by atoms with Crippen LogP contribution in [-0.2, 0) is 6.54 Å². The largest absolute Gasteiger partial charge is 0.467 e. The lowest BCUT2D eigenvalue weighted by atomic mass is 9.93. The Morgan fingerprint density at radius 3 is 2.74 bits per heavy atom. The quantitative estimate of drug-likeness (QED) is 0.841. The van der Waals surface area contributed by atoms with Gasteiger partial charge in [0.1, 0.15) is 12.0 Å². The highest BCUT2D eigenvalue weighted by Gasteiger charge is 2.30. The van der Waals surface area contributed by atoms with Gasteiger partial charge in [0, 0.05) is 18.6 Å². The first-order chi connectivity index (χ1) is 9.92. The zero-order chi connectivity index (χ0) is 15.5. The van der Waals surface area contributed by atoms with Crippen molar-refractivity contribution in [3.8, 4) is 0 Å². The van der Waals surface area contributed by atoms with Crippen LogP contribution in [0.2, 0.25) is 0 Å². The molecule has 1 fully saturated rings. The molecule has 0 saturated carbocycles. The number of furan rings is 1. The van der Waals surface area contributed by atoms with Gasteiger partial charge in [0.15, 0.2) is 0 Å². The third kappa shape index (κ3) is 5.99. The van der Waals surface area contributed by atoms with Gasteiger partial charge in [0.05, 0.1) is 12.1 Å². The van der Waals surface area contributed by atoms with E-state index in [1.807, 2.05) is 0 Å². The topological polar surface area (TPSA) is 71.5 Å². The summed E-state index contributed by atoms with van der Waals surface area (Å²) in [5.41, 5.74) is 5.99. The zero-order valence-electron chi connectivity index (χ0n) is 14.1. The van der Waals surface area contributed by atoms with Gasteiger partial charge < -0.3 is 15.5 Å². The maximum atomic E-state index is 12.1. The number of nitrogens with one attached hydrogen (secondary N) is 1. The molecule has 1 amide bonds. The number of likely N-dealkylation sites (tertiary alicyclic amines) is 1. The van der Waals surface area contributed by atoms with Gasteiger partial charge in [-0.1, -0.05) is 6.92 Å². The van der Waals surface area contributed by atoms with Crippen molar-refractivity contribution in [1.82, 2.24) is 10.2 Å². The van der Waals surface area contributed by atoms with E-state index in [0.717, 1.165) is 19.0 Å². The van der Waals surface area contributed by atoms with Crippen molar-refractivity contribution in [3.05, 3.63) is 23.7 Å². The van der Waals surface area contributed by atoms with Crippen LogP contribution in [0, 0.1) is 5.92 Å². The summed E-state index contributed by atoms with van der Waals surface area (Å²) in [4.78, 5) is 14.6. The number of piperidine rings is 1. The maximum Gasteiger partial charge on any atom is 0.254 e. The molecule has 7 heteroatoms. The molecule has 1 aromatic rings. The molecule has 1 atom stereocenters. The van der Waals surface area contributed by atoms with Gasteiger partial charge in [-0.05, 0) is 45.2 Å². The number of rotatable bonds is 5. The highest BCUT2D eigenvalue weighted by atomic mass is 35.5. The van der Waals surface area contributed by atoms with Crippen LogP contribution in [-0.4, -0.2) is 36.0 Å². The number of nitrogens with zero attached hydrogens (tertiary/aromatic N) is 1. The van der Waals surface area contributed by atoms with Gasteiger partial charge in [0.2, 0.25) is 0 Å². The smallest absolute Gasteiger partial charge is 0.254 e. The van der Waals surface area contributed by atoms with Crippen molar-refractivity contribution in [3.63, 3.8) is 0 Å². The number of nitrogens with two attached hydrogens (primary N) is 1. The average Bonchev–Trinajstić information content (AvgIpc) is 2.94. The molecule has 2 rings (SSSR count). The molecule has 2 heterocycles. The van der Waals surface area contributed by atoms with Gasteiger partial charge >= 0.3 is 0 Å². The van der Waals surface area contributed by atoms with Crippen molar-refractivity contribution in [2.45, 2.75) is 45.7 Å². The Bertz CT molecular complexity index is 491. The van der Waals surface area contributed by atoms with E-state index >= 15 is 0 Å². The molecule has 23 heavy (non-hydrogen) atoms. The summed E-state index contributed by atoms with van der Waals surface area (Å²) < 4.78 is 5.20. The van der Waals surface area contributed by atoms with E-state index in [1.165, 1.54) is 19.1 Å². The Hall–Kier alpha value is -0.750. The predicted molar refractivity (Wildman–Crippen MR) is 97.5 cm³/mol. The Labute approximate surface area is 151 Å². The molecule has 1 aliphatic heterocycles. The second-order valence-electron chi connectivity index (χ2n) is 6.69. The summed E-state index contributed by atoms with van der Waals surface area (Å²) in [6, 6.07) is 1.70. The monoisotopic (exact) mass is 365 g/mol. The number of hydrogen-bond acceptors (Lipinski definition) is 4. The van der Waals surface area contributed by atoms with Crippen molar-refractivity contribution in [2.75, 3.05) is 19.6 Å².